The number of halogens is 1. The van der Waals surface area contributed by atoms with E-state index in [1.54, 1.807) is 0 Å². The van der Waals surface area contributed by atoms with E-state index in [1.807, 2.05) is 18.3 Å². The summed E-state index contributed by atoms with van der Waals surface area (Å²) in [6.45, 7) is 2.70. The van der Waals surface area contributed by atoms with Gasteiger partial charge in [-0.1, -0.05) is 12.2 Å². The maximum absolute atomic E-state index is 5.86. The topological polar surface area (TPSA) is 46.2 Å². The maximum Gasteiger partial charge on any atom is 0.0864 e. The van der Waals surface area contributed by atoms with E-state index >= 15 is 0 Å². The number of aromatic nitrogens is 1. The third kappa shape index (κ3) is 3.24. The van der Waals surface area contributed by atoms with Crippen LogP contribution >= 0.6 is 15.9 Å². The molecule has 124 valence electrons. The summed E-state index contributed by atoms with van der Waals surface area (Å²) in [4.78, 5) is 4.46. The lowest BCUT2D eigenvalue weighted by Crippen LogP contribution is -2.42. The van der Waals surface area contributed by atoms with Gasteiger partial charge in [-0.3, -0.25) is 4.98 Å². The van der Waals surface area contributed by atoms with Crippen LogP contribution in [0.15, 0.2) is 58.9 Å². The van der Waals surface area contributed by atoms with E-state index in [9.17, 15) is 0 Å². The number of allylic oxidation sites excluding steroid dienone is 2. The first-order chi connectivity index (χ1) is 11.8. The van der Waals surface area contributed by atoms with Crippen molar-refractivity contribution in [2.75, 3.05) is 25.0 Å². The summed E-state index contributed by atoms with van der Waals surface area (Å²) >= 11 is 3.57. The average Bonchev–Trinajstić information content (AvgIpc) is 2.66. The molecule has 4 rings (SSSR count). The van der Waals surface area contributed by atoms with E-state index < -0.39 is 0 Å². The molecule has 1 fully saturated rings. The van der Waals surface area contributed by atoms with Crippen molar-refractivity contribution in [3.63, 3.8) is 0 Å². The Morgan fingerprint density at radius 1 is 1.29 bits per heavy atom. The molecule has 2 N–H and O–H groups in total. The molecular formula is C19H20BrN3O. The van der Waals surface area contributed by atoms with Crippen LogP contribution in [0.2, 0.25) is 0 Å². The van der Waals surface area contributed by atoms with Crippen LogP contribution in [0, 0.1) is 5.92 Å². The van der Waals surface area contributed by atoms with Gasteiger partial charge in [0.05, 0.1) is 18.2 Å². The molecule has 1 unspecified atom stereocenters. The van der Waals surface area contributed by atoms with E-state index in [4.69, 9.17) is 4.74 Å². The molecule has 4 nitrogen and oxygen atoms in total. The van der Waals surface area contributed by atoms with Crippen LogP contribution < -0.4 is 10.6 Å². The molecule has 2 aromatic rings. The maximum atomic E-state index is 5.86. The van der Waals surface area contributed by atoms with Gasteiger partial charge in [0.15, 0.2) is 0 Å². The first kappa shape index (κ1) is 15.8. The summed E-state index contributed by atoms with van der Waals surface area (Å²) < 4.78 is 6.88. The van der Waals surface area contributed by atoms with Gasteiger partial charge < -0.3 is 15.4 Å². The Morgan fingerprint density at radius 3 is 3.04 bits per heavy atom. The van der Waals surface area contributed by atoms with Crippen LogP contribution in [0.25, 0.3) is 10.9 Å². The van der Waals surface area contributed by atoms with Crippen LogP contribution in [0.5, 0.6) is 0 Å². The predicted molar refractivity (Wildman–Crippen MR) is 101 cm³/mol. The van der Waals surface area contributed by atoms with Crippen molar-refractivity contribution in [3.05, 3.63) is 58.9 Å². The molecule has 0 radical (unpaired) electrons. The van der Waals surface area contributed by atoms with Crippen LogP contribution in [0.3, 0.4) is 0 Å². The van der Waals surface area contributed by atoms with Gasteiger partial charge >= 0.3 is 0 Å². The van der Waals surface area contributed by atoms with Crippen LogP contribution in [0.1, 0.15) is 6.42 Å². The van der Waals surface area contributed by atoms with Crippen molar-refractivity contribution in [1.82, 2.24) is 10.3 Å². The largest absolute Gasteiger partial charge is 0.375 e. The number of anilines is 1. The number of morpholine rings is 1. The van der Waals surface area contributed by atoms with E-state index in [0.717, 1.165) is 52.9 Å². The molecule has 1 aliphatic heterocycles. The summed E-state index contributed by atoms with van der Waals surface area (Å²) in [6.07, 6.45) is 9.78. The van der Waals surface area contributed by atoms with Crippen molar-refractivity contribution >= 4 is 32.5 Å². The zero-order valence-corrected chi connectivity index (χ0v) is 14.9. The minimum absolute atomic E-state index is 0.283. The van der Waals surface area contributed by atoms with Gasteiger partial charge in [0, 0.05) is 46.4 Å². The molecule has 0 amide bonds. The minimum atomic E-state index is 0.283. The van der Waals surface area contributed by atoms with Crippen molar-refractivity contribution in [2.24, 2.45) is 5.92 Å². The lowest BCUT2D eigenvalue weighted by atomic mass is 9.93. The average molecular weight is 386 g/mol. The fraction of sp³-hybridized carbons (Fsp3) is 0.316. The molecule has 1 aromatic carbocycles. The third-order valence-electron chi connectivity index (χ3n) is 4.57. The van der Waals surface area contributed by atoms with Crippen molar-refractivity contribution in [3.8, 4) is 0 Å². The third-order valence-corrected chi connectivity index (χ3v) is 5.21. The first-order valence-corrected chi connectivity index (χ1v) is 9.11. The second kappa shape index (κ2) is 7.05. The number of nitrogens with one attached hydrogen (secondary N) is 2. The van der Waals surface area contributed by atoms with E-state index in [0.29, 0.717) is 5.92 Å². The summed E-state index contributed by atoms with van der Waals surface area (Å²) in [6, 6.07) is 8.18. The van der Waals surface area contributed by atoms with E-state index in [-0.39, 0.29) is 6.10 Å². The standard InChI is InChI=1S/C19H20BrN3O/c20-16-7-8-17(15-2-1-9-22-19(15)16)23-14-5-3-13(4-6-14)18-12-21-10-11-24-18/h1-3,5-9,13,18,21,23H,4,10-12H2/t13?,18-/m1/s1. The summed E-state index contributed by atoms with van der Waals surface area (Å²) in [5, 5.41) is 8.05. The quantitative estimate of drug-likeness (QED) is 0.841. The fourth-order valence-electron chi connectivity index (χ4n) is 3.27. The fourth-order valence-corrected chi connectivity index (χ4v) is 3.72. The Hall–Kier alpha value is -1.69. The SMILES string of the molecule is Brc1ccc(NC2=CCC([C@H]3CNCCO3)C=C2)c2cccnc12. The molecule has 5 heteroatoms. The second-order valence-electron chi connectivity index (χ2n) is 6.15. The molecule has 24 heavy (non-hydrogen) atoms. The second-order valence-corrected chi connectivity index (χ2v) is 7.01. The lowest BCUT2D eigenvalue weighted by molar-refractivity contribution is 0.00355. The number of ether oxygens (including phenoxy) is 1. The van der Waals surface area contributed by atoms with E-state index in [2.05, 4.69) is 61.9 Å². The van der Waals surface area contributed by atoms with Gasteiger partial charge in [-0.15, -0.1) is 0 Å². The Bertz CT molecular complexity index is 796. The van der Waals surface area contributed by atoms with Crippen molar-refractivity contribution in [1.29, 1.82) is 0 Å². The Balaban J connectivity index is 1.50. The van der Waals surface area contributed by atoms with Crippen molar-refractivity contribution in [2.45, 2.75) is 12.5 Å². The highest BCUT2D eigenvalue weighted by atomic mass is 79.9. The molecule has 2 aliphatic rings. The summed E-state index contributed by atoms with van der Waals surface area (Å²) in [5.74, 6) is 0.451. The molecule has 0 spiro atoms. The highest BCUT2D eigenvalue weighted by Gasteiger charge is 2.23. The number of fused-ring (bicyclic) bond motifs is 1. The molecule has 0 saturated carbocycles. The molecule has 2 atom stereocenters. The normalized spacial score (nSPS) is 24.0. The summed E-state index contributed by atoms with van der Waals surface area (Å²) in [7, 11) is 0. The number of rotatable bonds is 3. The Labute approximate surface area is 150 Å². The van der Waals surface area contributed by atoms with Gasteiger partial charge in [-0.2, -0.15) is 0 Å². The zero-order chi connectivity index (χ0) is 16.4. The molecule has 2 heterocycles. The van der Waals surface area contributed by atoms with Crippen molar-refractivity contribution < 1.29 is 4.74 Å². The highest BCUT2D eigenvalue weighted by Crippen LogP contribution is 2.30. The number of benzene rings is 1. The van der Waals surface area contributed by atoms with Gasteiger partial charge in [-0.25, -0.2) is 0 Å². The Morgan fingerprint density at radius 2 is 2.25 bits per heavy atom. The number of hydrogen-bond acceptors (Lipinski definition) is 4. The van der Waals surface area contributed by atoms with E-state index in [1.165, 1.54) is 0 Å². The molecule has 0 bridgehead atoms. The van der Waals surface area contributed by atoms with Crippen LogP contribution in [0.4, 0.5) is 5.69 Å². The van der Waals surface area contributed by atoms with Gasteiger partial charge in [-0.05, 0) is 52.7 Å². The number of pyridine rings is 1. The highest BCUT2D eigenvalue weighted by molar-refractivity contribution is 9.10. The number of nitrogens with zero attached hydrogens (tertiary/aromatic N) is 1. The van der Waals surface area contributed by atoms with Crippen LogP contribution in [-0.4, -0.2) is 30.8 Å². The van der Waals surface area contributed by atoms with Gasteiger partial charge in [0.25, 0.3) is 0 Å². The molecular weight excluding hydrogens is 366 g/mol. The smallest absolute Gasteiger partial charge is 0.0864 e. The monoisotopic (exact) mass is 385 g/mol. The van der Waals surface area contributed by atoms with Crippen LogP contribution in [-0.2, 0) is 4.74 Å². The number of hydrogen-bond donors (Lipinski definition) is 2. The molecule has 1 aliphatic carbocycles. The Kier molecular flexibility index (Phi) is 4.65. The molecule has 1 saturated heterocycles. The minimum Gasteiger partial charge on any atom is -0.375 e. The summed E-state index contributed by atoms with van der Waals surface area (Å²) in [5.41, 5.74) is 3.18. The zero-order valence-electron chi connectivity index (χ0n) is 13.3. The van der Waals surface area contributed by atoms with Gasteiger partial charge in [0.1, 0.15) is 0 Å². The van der Waals surface area contributed by atoms with Gasteiger partial charge in [0.2, 0.25) is 0 Å². The predicted octanol–water partition coefficient (Wildman–Crippen LogP) is 3.86. The molecule has 1 aromatic heterocycles. The lowest BCUT2D eigenvalue weighted by Gasteiger charge is -2.30. The first-order valence-electron chi connectivity index (χ1n) is 8.32.